The van der Waals surface area contributed by atoms with E-state index in [0.29, 0.717) is 30.2 Å². The molecule has 3 aliphatic rings. The smallest absolute Gasteiger partial charge is 0.410 e. The predicted molar refractivity (Wildman–Crippen MR) is 150 cm³/mol. The quantitative estimate of drug-likeness (QED) is 0.358. The van der Waals surface area contributed by atoms with Crippen LogP contribution in [0, 0.1) is 4.91 Å². The number of pyridine rings is 1. The highest BCUT2D eigenvalue weighted by molar-refractivity contribution is 9.10. The summed E-state index contributed by atoms with van der Waals surface area (Å²) in [5.74, 6) is 0.968. The van der Waals surface area contributed by atoms with Gasteiger partial charge < -0.3 is 9.64 Å². The average molecular weight is 584 g/mol. The van der Waals surface area contributed by atoms with Crippen molar-refractivity contribution >= 4 is 39.4 Å². The summed E-state index contributed by atoms with van der Waals surface area (Å²) in [4.78, 5) is 46.4. The average Bonchev–Trinajstić information content (AvgIpc) is 3.11. The fourth-order valence-corrected chi connectivity index (χ4v) is 6.70. The number of piperidine rings is 1. The molecule has 5 rings (SSSR count). The fraction of sp³-hybridized carbons (Fsp3) is 0.552. The monoisotopic (exact) mass is 582 g/mol. The van der Waals surface area contributed by atoms with Gasteiger partial charge in [-0.05, 0) is 76.1 Å². The number of fused-ring (bicyclic) bond motifs is 2. The number of rotatable bonds is 4. The van der Waals surface area contributed by atoms with Crippen LogP contribution in [-0.2, 0) is 21.5 Å². The molecule has 1 saturated carbocycles. The Morgan fingerprint density at radius 1 is 1.18 bits per heavy atom. The summed E-state index contributed by atoms with van der Waals surface area (Å²) in [6.45, 7) is 6.88. The van der Waals surface area contributed by atoms with Crippen LogP contribution in [0.2, 0.25) is 0 Å². The number of nitroso groups, excluding NO2 is 1. The Balaban J connectivity index is 1.47. The number of hydrogen-bond acceptors (Lipinski definition) is 6. The third kappa shape index (κ3) is 4.85. The largest absolute Gasteiger partial charge is 0.444 e. The summed E-state index contributed by atoms with van der Waals surface area (Å²) in [5, 5.41) is 3.12. The van der Waals surface area contributed by atoms with Gasteiger partial charge in [0.2, 0.25) is 5.91 Å². The molecule has 0 unspecified atom stereocenters. The Kier molecular flexibility index (Phi) is 7.33. The second-order valence-electron chi connectivity index (χ2n) is 11.7. The SMILES string of the molecule is CC(C)(C)OC(=O)N1CCC(c2cnc3c(c2)C2(CCCCC2)C(=O)N3c2cccc(Br)c2CN=O)CC1. The van der Waals surface area contributed by atoms with E-state index in [1.807, 2.05) is 45.2 Å². The molecule has 1 aliphatic carbocycles. The van der Waals surface area contributed by atoms with Gasteiger partial charge >= 0.3 is 6.09 Å². The maximum Gasteiger partial charge on any atom is 0.410 e. The van der Waals surface area contributed by atoms with E-state index in [0.717, 1.165) is 60.5 Å². The van der Waals surface area contributed by atoms with Crippen molar-refractivity contribution in [2.45, 2.75) is 89.2 Å². The molecular formula is C29H35BrN4O4. The Labute approximate surface area is 232 Å². The number of amides is 2. The minimum Gasteiger partial charge on any atom is -0.444 e. The second kappa shape index (κ2) is 10.4. The van der Waals surface area contributed by atoms with Crippen molar-refractivity contribution in [3.63, 3.8) is 0 Å². The number of likely N-dealkylation sites (tertiary alicyclic amines) is 1. The van der Waals surface area contributed by atoms with Gasteiger partial charge in [-0.3, -0.25) is 9.69 Å². The molecule has 1 aromatic heterocycles. The zero-order chi connectivity index (χ0) is 27.1. The second-order valence-corrected chi connectivity index (χ2v) is 12.5. The summed E-state index contributed by atoms with van der Waals surface area (Å²) in [6, 6.07) is 7.81. The predicted octanol–water partition coefficient (Wildman–Crippen LogP) is 7.11. The van der Waals surface area contributed by atoms with Gasteiger partial charge in [0.25, 0.3) is 0 Å². The summed E-state index contributed by atoms with van der Waals surface area (Å²) in [6.07, 6.45) is 8.00. The molecule has 2 aromatic rings. The van der Waals surface area contributed by atoms with Crippen LogP contribution in [0.5, 0.6) is 0 Å². The molecule has 0 bridgehead atoms. The molecule has 8 nitrogen and oxygen atoms in total. The lowest BCUT2D eigenvalue weighted by Gasteiger charge is -2.34. The van der Waals surface area contributed by atoms with Crippen molar-refractivity contribution < 1.29 is 14.3 Å². The van der Waals surface area contributed by atoms with Crippen LogP contribution >= 0.6 is 15.9 Å². The zero-order valence-electron chi connectivity index (χ0n) is 22.3. The molecule has 9 heteroatoms. The number of benzene rings is 1. The van der Waals surface area contributed by atoms with Crippen molar-refractivity contribution in [2.24, 2.45) is 5.18 Å². The van der Waals surface area contributed by atoms with Crippen LogP contribution in [0.25, 0.3) is 0 Å². The number of aromatic nitrogens is 1. The minimum absolute atomic E-state index is 0.0306. The van der Waals surface area contributed by atoms with Gasteiger partial charge in [-0.25, -0.2) is 9.78 Å². The Hall–Kier alpha value is -2.81. The van der Waals surface area contributed by atoms with Gasteiger partial charge in [0, 0.05) is 34.9 Å². The number of nitrogens with zero attached hydrogens (tertiary/aromatic N) is 4. The normalized spacial score (nSPS) is 19.5. The van der Waals surface area contributed by atoms with Crippen LogP contribution in [0.15, 0.2) is 40.1 Å². The molecule has 2 aliphatic heterocycles. The maximum absolute atomic E-state index is 14.2. The fourth-order valence-electron chi connectivity index (χ4n) is 6.21. The van der Waals surface area contributed by atoms with Gasteiger partial charge in [0.15, 0.2) is 0 Å². The highest BCUT2D eigenvalue weighted by Crippen LogP contribution is 2.53. The molecule has 2 amide bonds. The molecule has 1 aromatic carbocycles. The molecule has 38 heavy (non-hydrogen) atoms. The van der Waals surface area contributed by atoms with Crippen LogP contribution < -0.4 is 4.90 Å². The van der Waals surface area contributed by atoms with Crippen molar-refractivity contribution in [2.75, 3.05) is 18.0 Å². The van der Waals surface area contributed by atoms with Gasteiger partial charge in [-0.2, -0.15) is 4.91 Å². The van der Waals surface area contributed by atoms with Crippen LogP contribution in [0.4, 0.5) is 16.3 Å². The first-order valence-corrected chi connectivity index (χ1v) is 14.3. The molecule has 0 N–H and O–H groups in total. The first kappa shape index (κ1) is 26.8. The molecule has 2 fully saturated rings. The van der Waals surface area contributed by atoms with E-state index < -0.39 is 11.0 Å². The standard InChI is InChI=1S/C29H35BrN4O4/c1-28(2,3)38-27(36)33-14-10-19(11-15-33)20-16-22-25(31-17-20)34(26(35)29(22)12-5-4-6-13-29)24-9-7-8-23(30)21(24)18-32-37/h7-9,16-17,19H,4-6,10-15,18H2,1-3H3. The summed E-state index contributed by atoms with van der Waals surface area (Å²) in [5.41, 5.74) is 2.37. The highest BCUT2D eigenvalue weighted by Gasteiger charge is 2.53. The molecular weight excluding hydrogens is 548 g/mol. The Bertz CT molecular complexity index is 1240. The summed E-state index contributed by atoms with van der Waals surface area (Å²) >= 11 is 3.54. The van der Waals surface area contributed by atoms with Gasteiger partial charge in [-0.15, -0.1) is 0 Å². The number of hydrogen-bond donors (Lipinski definition) is 0. The maximum atomic E-state index is 14.2. The lowest BCUT2D eigenvalue weighted by atomic mass is 9.70. The van der Waals surface area contributed by atoms with Gasteiger partial charge in [0.05, 0.1) is 11.1 Å². The lowest BCUT2D eigenvalue weighted by molar-refractivity contribution is -0.123. The van der Waals surface area contributed by atoms with Gasteiger partial charge in [-0.1, -0.05) is 46.4 Å². The minimum atomic E-state index is -0.595. The van der Waals surface area contributed by atoms with Crippen LogP contribution in [0.1, 0.15) is 88.3 Å². The van der Waals surface area contributed by atoms with Crippen LogP contribution in [0.3, 0.4) is 0 Å². The van der Waals surface area contributed by atoms with Crippen LogP contribution in [-0.4, -0.2) is 40.6 Å². The Morgan fingerprint density at radius 3 is 2.55 bits per heavy atom. The molecule has 1 spiro atoms. The summed E-state index contributed by atoms with van der Waals surface area (Å²) in [7, 11) is 0. The number of carbonyl (C=O) groups excluding carboxylic acids is 2. The van der Waals surface area contributed by atoms with Crippen molar-refractivity contribution in [3.05, 3.63) is 56.5 Å². The topological polar surface area (TPSA) is 92.2 Å². The van der Waals surface area contributed by atoms with Crippen molar-refractivity contribution in [3.8, 4) is 0 Å². The number of halogens is 1. The van der Waals surface area contributed by atoms with E-state index in [1.54, 1.807) is 9.80 Å². The molecule has 0 atom stereocenters. The first-order chi connectivity index (χ1) is 18.1. The molecule has 1 saturated heterocycles. The van der Waals surface area contributed by atoms with Crippen molar-refractivity contribution in [1.29, 1.82) is 0 Å². The highest BCUT2D eigenvalue weighted by atomic mass is 79.9. The van der Waals surface area contributed by atoms with E-state index in [1.165, 1.54) is 0 Å². The van der Waals surface area contributed by atoms with E-state index in [9.17, 15) is 14.5 Å². The third-order valence-corrected chi connectivity index (χ3v) is 8.85. The summed E-state index contributed by atoms with van der Waals surface area (Å²) < 4.78 is 6.31. The molecule has 202 valence electrons. The van der Waals surface area contributed by atoms with Crippen molar-refractivity contribution in [1.82, 2.24) is 9.88 Å². The van der Waals surface area contributed by atoms with Gasteiger partial charge in [0.1, 0.15) is 18.0 Å². The number of ether oxygens (including phenoxy) is 1. The molecule has 0 radical (unpaired) electrons. The number of anilines is 2. The van der Waals surface area contributed by atoms with E-state index >= 15 is 0 Å². The van der Waals surface area contributed by atoms with E-state index in [-0.39, 0.29) is 24.5 Å². The Morgan fingerprint density at radius 2 is 1.89 bits per heavy atom. The molecule has 3 heterocycles. The third-order valence-electron chi connectivity index (χ3n) is 8.11. The number of carbonyl (C=O) groups is 2. The first-order valence-electron chi connectivity index (χ1n) is 13.5. The zero-order valence-corrected chi connectivity index (χ0v) is 23.9. The lowest BCUT2D eigenvalue weighted by Crippen LogP contribution is -2.41. The van der Waals surface area contributed by atoms with E-state index in [4.69, 9.17) is 9.72 Å². The van der Waals surface area contributed by atoms with E-state index in [2.05, 4.69) is 27.2 Å².